The Morgan fingerprint density at radius 2 is 1.64 bits per heavy atom. The van der Waals surface area contributed by atoms with Crippen LogP contribution >= 0.6 is 0 Å². The highest BCUT2D eigenvalue weighted by atomic mass is 16.6. The quantitative estimate of drug-likeness (QED) is 0.428. The summed E-state index contributed by atoms with van der Waals surface area (Å²) >= 11 is 0. The molecule has 1 saturated heterocycles. The summed E-state index contributed by atoms with van der Waals surface area (Å²) in [5.41, 5.74) is 10.9. The van der Waals surface area contributed by atoms with Crippen molar-refractivity contribution in [2.75, 3.05) is 6.61 Å². The fraction of sp³-hybridized carbons (Fsp3) is 0.429. The van der Waals surface area contributed by atoms with E-state index < -0.39 is 30.5 Å². The van der Waals surface area contributed by atoms with Crippen molar-refractivity contribution in [2.24, 2.45) is 5.11 Å². The first-order valence-corrected chi connectivity index (χ1v) is 9.34. The Balaban J connectivity index is 1.63. The third kappa shape index (κ3) is 5.32. The van der Waals surface area contributed by atoms with E-state index in [1.807, 2.05) is 67.6 Å². The molecule has 7 heteroatoms. The van der Waals surface area contributed by atoms with Crippen LogP contribution in [0.2, 0.25) is 0 Å². The second-order valence-corrected chi connectivity index (χ2v) is 6.83. The zero-order valence-electron chi connectivity index (χ0n) is 15.8. The van der Waals surface area contributed by atoms with Crippen molar-refractivity contribution in [1.82, 2.24) is 0 Å². The van der Waals surface area contributed by atoms with E-state index in [1.54, 1.807) is 0 Å². The first-order valence-electron chi connectivity index (χ1n) is 9.34. The van der Waals surface area contributed by atoms with E-state index in [-0.39, 0.29) is 6.61 Å². The van der Waals surface area contributed by atoms with E-state index in [1.165, 1.54) is 0 Å². The predicted octanol–water partition coefficient (Wildman–Crippen LogP) is 3.62. The number of azide groups is 1. The number of nitrogens with zero attached hydrogens (tertiary/aromatic N) is 3. The van der Waals surface area contributed by atoms with Crippen LogP contribution in [0.3, 0.4) is 0 Å². The minimum absolute atomic E-state index is 0.217. The minimum atomic E-state index is -0.966. The summed E-state index contributed by atoms with van der Waals surface area (Å²) in [6, 6.07) is 18.8. The average Bonchev–Trinajstić information content (AvgIpc) is 2.73. The molecule has 3 rings (SSSR count). The Morgan fingerprint density at radius 3 is 2.25 bits per heavy atom. The largest absolute Gasteiger partial charge is 0.388 e. The van der Waals surface area contributed by atoms with Gasteiger partial charge in [0, 0.05) is 4.91 Å². The maximum atomic E-state index is 10.8. The van der Waals surface area contributed by atoms with Crippen molar-refractivity contribution in [3.8, 4) is 0 Å². The summed E-state index contributed by atoms with van der Waals surface area (Å²) < 4.78 is 17.6. The maximum absolute atomic E-state index is 10.8. The minimum Gasteiger partial charge on any atom is -0.388 e. The van der Waals surface area contributed by atoms with Crippen LogP contribution in [0.15, 0.2) is 65.8 Å². The number of benzene rings is 2. The van der Waals surface area contributed by atoms with Crippen LogP contribution in [0, 0.1) is 0 Å². The van der Waals surface area contributed by atoms with Gasteiger partial charge in [0.2, 0.25) is 0 Å². The summed E-state index contributed by atoms with van der Waals surface area (Å²) in [7, 11) is 0. The molecule has 0 bridgehead atoms. The van der Waals surface area contributed by atoms with Gasteiger partial charge in [0.15, 0.2) is 0 Å². The zero-order chi connectivity index (χ0) is 19.8. The molecule has 1 aliphatic heterocycles. The van der Waals surface area contributed by atoms with Gasteiger partial charge < -0.3 is 19.3 Å². The van der Waals surface area contributed by atoms with Crippen LogP contribution in [-0.2, 0) is 27.4 Å². The van der Waals surface area contributed by atoms with Gasteiger partial charge in [0.05, 0.1) is 38.1 Å². The fourth-order valence-corrected chi connectivity index (χ4v) is 3.31. The van der Waals surface area contributed by atoms with Crippen molar-refractivity contribution in [2.45, 2.75) is 50.6 Å². The molecule has 0 aliphatic carbocycles. The molecule has 0 unspecified atom stereocenters. The lowest BCUT2D eigenvalue weighted by Crippen LogP contribution is -2.58. The average molecular weight is 383 g/mol. The summed E-state index contributed by atoms with van der Waals surface area (Å²) in [5.74, 6) is 0. The Morgan fingerprint density at radius 1 is 1.04 bits per heavy atom. The Hall–Kier alpha value is -2.41. The van der Waals surface area contributed by atoms with Gasteiger partial charge in [-0.15, -0.1) is 0 Å². The molecule has 0 saturated carbocycles. The smallest absolute Gasteiger partial charge is 0.110 e. The first-order chi connectivity index (χ1) is 13.7. The van der Waals surface area contributed by atoms with E-state index in [4.69, 9.17) is 19.7 Å². The van der Waals surface area contributed by atoms with Crippen LogP contribution in [0.1, 0.15) is 18.1 Å². The number of aliphatic hydroxyl groups excluding tert-OH is 1. The molecule has 0 aromatic heterocycles. The normalized spacial score (nSPS) is 27.1. The van der Waals surface area contributed by atoms with E-state index in [0.29, 0.717) is 13.2 Å². The molecule has 0 spiro atoms. The van der Waals surface area contributed by atoms with Crippen LogP contribution < -0.4 is 0 Å². The van der Waals surface area contributed by atoms with Crippen molar-refractivity contribution < 1.29 is 19.3 Å². The first kappa shape index (κ1) is 20.3. The third-order valence-corrected chi connectivity index (χ3v) is 4.79. The van der Waals surface area contributed by atoms with Crippen molar-refractivity contribution in [3.05, 3.63) is 82.2 Å². The monoisotopic (exact) mass is 383 g/mol. The van der Waals surface area contributed by atoms with Gasteiger partial charge in [-0.2, -0.15) is 0 Å². The molecular weight excluding hydrogens is 358 g/mol. The van der Waals surface area contributed by atoms with Gasteiger partial charge in [-0.05, 0) is 23.6 Å². The van der Waals surface area contributed by atoms with Gasteiger partial charge in [0.25, 0.3) is 0 Å². The molecule has 2 aromatic rings. The van der Waals surface area contributed by atoms with Gasteiger partial charge >= 0.3 is 0 Å². The number of rotatable bonds is 8. The predicted molar refractivity (Wildman–Crippen MR) is 104 cm³/mol. The molecule has 0 amide bonds. The Labute approximate surface area is 164 Å². The lowest BCUT2D eigenvalue weighted by molar-refractivity contribution is -0.206. The molecule has 0 radical (unpaired) electrons. The number of hydrogen-bond donors (Lipinski definition) is 1. The molecular formula is C21H25N3O4. The third-order valence-electron chi connectivity index (χ3n) is 4.79. The highest BCUT2D eigenvalue weighted by molar-refractivity contribution is 5.14. The molecule has 7 nitrogen and oxygen atoms in total. The molecule has 1 heterocycles. The van der Waals surface area contributed by atoms with E-state index >= 15 is 0 Å². The lowest BCUT2D eigenvalue weighted by Gasteiger charge is -2.42. The SMILES string of the molecule is C[C@@H]1O[C@H](COCc2ccccc2)[C@@H](O)[C@H](OCc2ccccc2)[C@H]1N=[N+]=[N-]. The maximum Gasteiger partial charge on any atom is 0.110 e. The van der Waals surface area contributed by atoms with Gasteiger partial charge in [0.1, 0.15) is 12.2 Å². The standard InChI is InChI=1S/C21H25N3O4/c1-15-19(23-24-22)21(27-13-17-10-6-3-7-11-17)20(25)18(28-15)14-26-12-16-8-4-2-5-9-16/h2-11,15,18-21,25H,12-14H2,1H3/t15-,18+,19-,20+,21+/m0/s1. The molecule has 5 atom stereocenters. The van der Waals surface area contributed by atoms with Crippen molar-refractivity contribution in [3.63, 3.8) is 0 Å². The number of aliphatic hydroxyl groups is 1. The van der Waals surface area contributed by atoms with Crippen LogP contribution in [0.25, 0.3) is 10.4 Å². The Kier molecular flexibility index (Phi) is 7.42. The van der Waals surface area contributed by atoms with Crippen molar-refractivity contribution >= 4 is 0 Å². The van der Waals surface area contributed by atoms with Crippen LogP contribution in [0.4, 0.5) is 0 Å². The topological polar surface area (TPSA) is 96.7 Å². The lowest BCUT2D eigenvalue weighted by atomic mass is 9.94. The van der Waals surface area contributed by atoms with Gasteiger partial charge in [-0.25, -0.2) is 0 Å². The van der Waals surface area contributed by atoms with Gasteiger partial charge in [-0.3, -0.25) is 0 Å². The Bertz CT molecular complexity index is 768. The fourth-order valence-electron chi connectivity index (χ4n) is 3.31. The highest BCUT2D eigenvalue weighted by Crippen LogP contribution is 2.27. The van der Waals surface area contributed by atoms with Crippen LogP contribution in [-0.4, -0.2) is 42.2 Å². The summed E-state index contributed by atoms with van der Waals surface area (Å²) in [5, 5.41) is 14.6. The molecule has 1 fully saturated rings. The molecule has 148 valence electrons. The molecule has 2 aromatic carbocycles. The number of hydrogen-bond acceptors (Lipinski definition) is 5. The second-order valence-electron chi connectivity index (χ2n) is 6.83. The van der Waals surface area contributed by atoms with Crippen LogP contribution in [0.5, 0.6) is 0 Å². The van der Waals surface area contributed by atoms with Crippen molar-refractivity contribution in [1.29, 1.82) is 0 Å². The summed E-state index contributed by atoms with van der Waals surface area (Å²) in [4.78, 5) is 2.90. The summed E-state index contributed by atoms with van der Waals surface area (Å²) in [6.07, 6.45) is -2.61. The van der Waals surface area contributed by atoms with E-state index in [0.717, 1.165) is 11.1 Å². The molecule has 1 aliphatic rings. The number of ether oxygens (including phenoxy) is 3. The molecule has 28 heavy (non-hydrogen) atoms. The highest BCUT2D eigenvalue weighted by Gasteiger charge is 2.44. The zero-order valence-corrected chi connectivity index (χ0v) is 15.8. The summed E-state index contributed by atoms with van der Waals surface area (Å²) in [6.45, 7) is 2.77. The second kappa shape index (κ2) is 10.2. The van der Waals surface area contributed by atoms with E-state index in [9.17, 15) is 5.11 Å². The van der Waals surface area contributed by atoms with E-state index in [2.05, 4.69) is 10.0 Å². The van der Waals surface area contributed by atoms with Gasteiger partial charge in [-0.1, -0.05) is 65.8 Å². The molecule has 1 N–H and O–H groups in total.